The highest BCUT2D eigenvalue weighted by atomic mass is 35.5. The smallest absolute Gasteiger partial charge is 0.0992 e. The summed E-state index contributed by atoms with van der Waals surface area (Å²) in [5, 5.41) is 0. The third-order valence-corrected chi connectivity index (χ3v) is 6.20. The molecule has 2 fully saturated rings. The van der Waals surface area contributed by atoms with E-state index in [-0.39, 0.29) is 6.04 Å². The molecule has 2 aliphatic carbocycles. The summed E-state index contributed by atoms with van der Waals surface area (Å²) in [6.07, 6.45) is 6.74. The summed E-state index contributed by atoms with van der Waals surface area (Å²) >= 11 is 13.7. The Morgan fingerprint density at radius 2 is 2.22 bits per heavy atom. The second-order valence-corrected chi connectivity index (χ2v) is 7.96. The number of halogens is 2. The van der Waals surface area contributed by atoms with Crippen LogP contribution in [-0.2, 0) is 0 Å². The standard InChI is InChI=1S/C13H18Cl2N2S/c14-12-6-10(13(15)18-12)11(17-16)5-9-4-7-1-2-8(9)3-7/h6-9,11,17H,1-5,16H2. The summed E-state index contributed by atoms with van der Waals surface area (Å²) in [6, 6.07) is 2.09. The lowest BCUT2D eigenvalue weighted by molar-refractivity contribution is 0.280. The minimum atomic E-state index is 0.144. The highest BCUT2D eigenvalue weighted by molar-refractivity contribution is 7.20. The molecule has 2 saturated carbocycles. The van der Waals surface area contributed by atoms with Gasteiger partial charge in [-0.05, 0) is 49.5 Å². The number of rotatable bonds is 4. The van der Waals surface area contributed by atoms with Crippen molar-refractivity contribution in [1.29, 1.82) is 0 Å². The van der Waals surface area contributed by atoms with Gasteiger partial charge in [-0.3, -0.25) is 11.3 Å². The molecule has 2 bridgehead atoms. The molecular formula is C13H18Cl2N2S. The monoisotopic (exact) mass is 304 g/mol. The van der Waals surface area contributed by atoms with Crippen LogP contribution in [0.15, 0.2) is 6.07 Å². The number of hydrogen-bond donors (Lipinski definition) is 2. The molecule has 100 valence electrons. The number of hydrogen-bond acceptors (Lipinski definition) is 3. The van der Waals surface area contributed by atoms with Crippen LogP contribution in [0, 0.1) is 17.8 Å². The lowest BCUT2D eigenvalue weighted by Gasteiger charge is -2.26. The molecule has 2 nitrogen and oxygen atoms in total. The Morgan fingerprint density at radius 1 is 1.39 bits per heavy atom. The fraction of sp³-hybridized carbons (Fsp3) is 0.692. The van der Waals surface area contributed by atoms with Crippen LogP contribution in [-0.4, -0.2) is 0 Å². The molecule has 18 heavy (non-hydrogen) atoms. The SMILES string of the molecule is NNC(CC1CC2CCC1C2)c1cc(Cl)sc1Cl. The van der Waals surface area contributed by atoms with Crippen molar-refractivity contribution in [3.05, 3.63) is 20.3 Å². The van der Waals surface area contributed by atoms with Gasteiger partial charge in [0.2, 0.25) is 0 Å². The molecule has 0 spiro atoms. The molecule has 1 heterocycles. The van der Waals surface area contributed by atoms with Gasteiger partial charge in [-0.25, -0.2) is 0 Å². The van der Waals surface area contributed by atoms with Crippen molar-refractivity contribution in [1.82, 2.24) is 5.43 Å². The first kappa shape index (κ1) is 13.2. The molecule has 3 N–H and O–H groups in total. The second-order valence-electron chi connectivity index (χ2n) is 5.67. The van der Waals surface area contributed by atoms with Gasteiger partial charge in [-0.15, -0.1) is 11.3 Å². The van der Waals surface area contributed by atoms with Gasteiger partial charge in [0.05, 0.1) is 8.67 Å². The quantitative estimate of drug-likeness (QED) is 0.640. The Labute approximate surface area is 122 Å². The van der Waals surface area contributed by atoms with E-state index < -0.39 is 0 Å². The number of thiophene rings is 1. The van der Waals surface area contributed by atoms with Gasteiger partial charge in [0.25, 0.3) is 0 Å². The normalized spacial score (nSPS) is 32.1. The highest BCUT2D eigenvalue weighted by Gasteiger charge is 2.40. The average molecular weight is 305 g/mol. The molecule has 1 aromatic rings. The Hall–Kier alpha value is 0.200. The van der Waals surface area contributed by atoms with Crippen molar-refractivity contribution in [2.75, 3.05) is 0 Å². The molecule has 0 aliphatic heterocycles. The Kier molecular flexibility index (Phi) is 3.88. The van der Waals surface area contributed by atoms with Crippen molar-refractivity contribution in [3.8, 4) is 0 Å². The van der Waals surface area contributed by atoms with Gasteiger partial charge in [-0.1, -0.05) is 29.6 Å². The van der Waals surface area contributed by atoms with Gasteiger partial charge in [0.1, 0.15) is 0 Å². The van der Waals surface area contributed by atoms with Crippen LogP contribution >= 0.6 is 34.5 Å². The summed E-state index contributed by atoms with van der Waals surface area (Å²) < 4.78 is 1.51. The van der Waals surface area contributed by atoms with Crippen LogP contribution in [0.4, 0.5) is 0 Å². The lowest BCUT2D eigenvalue weighted by atomic mass is 9.83. The van der Waals surface area contributed by atoms with Crippen molar-refractivity contribution < 1.29 is 0 Å². The molecule has 5 heteroatoms. The average Bonchev–Trinajstić information content (AvgIpc) is 3.01. The summed E-state index contributed by atoms with van der Waals surface area (Å²) in [5.41, 5.74) is 3.99. The summed E-state index contributed by atoms with van der Waals surface area (Å²) in [5.74, 6) is 8.40. The van der Waals surface area contributed by atoms with Crippen LogP contribution in [0.5, 0.6) is 0 Å². The van der Waals surface area contributed by atoms with E-state index in [0.29, 0.717) is 0 Å². The Bertz CT molecular complexity index is 435. The minimum absolute atomic E-state index is 0.144. The number of nitrogens with one attached hydrogen (secondary N) is 1. The second kappa shape index (κ2) is 5.29. The summed E-state index contributed by atoms with van der Waals surface area (Å²) in [7, 11) is 0. The number of nitrogens with two attached hydrogens (primary N) is 1. The van der Waals surface area contributed by atoms with E-state index in [2.05, 4.69) is 5.43 Å². The molecule has 0 aromatic carbocycles. The van der Waals surface area contributed by atoms with E-state index in [4.69, 9.17) is 29.0 Å². The van der Waals surface area contributed by atoms with E-state index in [1.807, 2.05) is 6.07 Å². The van der Waals surface area contributed by atoms with Gasteiger partial charge in [0.15, 0.2) is 0 Å². The first-order chi connectivity index (χ1) is 8.67. The van der Waals surface area contributed by atoms with Gasteiger partial charge in [-0.2, -0.15) is 0 Å². The zero-order chi connectivity index (χ0) is 12.7. The van der Waals surface area contributed by atoms with Gasteiger partial charge in [0, 0.05) is 11.6 Å². The molecular weight excluding hydrogens is 287 g/mol. The lowest BCUT2D eigenvalue weighted by Crippen LogP contribution is -2.30. The molecule has 4 unspecified atom stereocenters. The first-order valence-electron chi connectivity index (χ1n) is 6.58. The molecule has 4 atom stereocenters. The third-order valence-electron chi connectivity index (χ3n) is 4.68. The van der Waals surface area contributed by atoms with Gasteiger partial charge < -0.3 is 0 Å². The van der Waals surface area contributed by atoms with E-state index in [9.17, 15) is 0 Å². The van der Waals surface area contributed by atoms with Crippen molar-refractivity contribution in [2.45, 2.75) is 38.1 Å². The predicted molar refractivity (Wildman–Crippen MR) is 78.0 cm³/mol. The zero-order valence-electron chi connectivity index (χ0n) is 10.2. The summed E-state index contributed by atoms with van der Waals surface area (Å²) in [4.78, 5) is 0. The fourth-order valence-corrected chi connectivity index (χ4v) is 5.42. The maximum absolute atomic E-state index is 6.22. The maximum atomic E-state index is 6.22. The Balaban J connectivity index is 1.71. The van der Waals surface area contributed by atoms with Crippen LogP contribution in [0.25, 0.3) is 0 Å². The molecule has 3 rings (SSSR count). The fourth-order valence-electron chi connectivity index (χ4n) is 3.84. The van der Waals surface area contributed by atoms with Crippen LogP contribution in [0.3, 0.4) is 0 Å². The molecule has 0 amide bonds. The molecule has 0 saturated heterocycles. The minimum Gasteiger partial charge on any atom is -0.271 e. The molecule has 1 aromatic heterocycles. The number of fused-ring (bicyclic) bond motifs is 2. The Morgan fingerprint density at radius 3 is 2.72 bits per heavy atom. The van der Waals surface area contributed by atoms with E-state index in [0.717, 1.165) is 38.4 Å². The van der Waals surface area contributed by atoms with Crippen molar-refractivity contribution >= 4 is 34.5 Å². The van der Waals surface area contributed by atoms with Crippen LogP contribution < -0.4 is 11.3 Å². The van der Waals surface area contributed by atoms with E-state index >= 15 is 0 Å². The van der Waals surface area contributed by atoms with Crippen LogP contribution in [0.1, 0.15) is 43.7 Å². The highest BCUT2D eigenvalue weighted by Crippen LogP contribution is 2.51. The van der Waals surface area contributed by atoms with E-state index in [1.165, 1.54) is 37.0 Å². The largest absolute Gasteiger partial charge is 0.271 e. The maximum Gasteiger partial charge on any atom is 0.0992 e. The zero-order valence-corrected chi connectivity index (χ0v) is 12.5. The molecule has 2 aliphatic rings. The predicted octanol–water partition coefficient (Wildman–Crippen LogP) is 4.39. The van der Waals surface area contributed by atoms with E-state index in [1.54, 1.807) is 0 Å². The van der Waals surface area contributed by atoms with Crippen molar-refractivity contribution in [3.63, 3.8) is 0 Å². The third kappa shape index (κ3) is 2.44. The van der Waals surface area contributed by atoms with Crippen LogP contribution in [0.2, 0.25) is 8.67 Å². The number of hydrazine groups is 1. The first-order valence-corrected chi connectivity index (χ1v) is 8.15. The summed E-state index contributed by atoms with van der Waals surface area (Å²) in [6.45, 7) is 0. The topological polar surface area (TPSA) is 38.0 Å². The molecule has 0 radical (unpaired) electrons. The van der Waals surface area contributed by atoms with Gasteiger partial charge >= 0.3 is 0 Å². The van der Waals surface area contributed by atoms with Crippen molar-refractivity contribution in [2.24, 2.45) is 23.6 Å².